The average molecular weight is 386 g/mol. The number of rotatable bonds is 12. The molecule has 152 valence electrons. The van der Waals surface area contributed by atoms with E-state index in [1.165, 1.54) is 0 Å². The first kappa shape index (κ1) is 24.6. The van der Waals surface area contributed by atoms with Crippen molar-refractivity contribution in [2.75, 3.05) is 13.2 Å². The lowest BCUT2D eigenvalue weighted by Crippen LogP contribution is -2.54. The summed E-state index contributed by atoms with van der Waals surface area (Å²) in [7, 11) is 0. The van der Waals surface area contributed by atoms with Gasteiger partial charge in [-0.25, -0.2) is 0 Å². The van der Waals surface area contributed by atoms with Gasteiger partial charge in [-0.05, 0) is 0 Å². The Morgan fingerprint density at radius 3 is 1.04 bits per heavy atom. The van der Waals surface area contributed by atoms with E-state index in [2.05, 4.69) is 0 Å². The van der Waals surface area contributed by atoms with Gasteiger partial charge in [0.25, 0.3) is 5.78 Å². The Balaban J connectivity index is 5.10. The Kier molecular flexibility index (Phi) is 10.1. The van der Waals surface area contributed by atoms with E-state index in [1.54, 1.807) is 0 Å². The molecule has 0 aliphatic carbocycles. The maximum atomic E-state index is 11.6. The van der Waals surface area contributed by atoms with Crippen LogP contribution in [0.25, 0.3) is 0 Å². The van der Waals surface area contributed by atoms with E-state index < -0.39 is 79.4 Å². The molecule has 26 heavy (non-hydrogen) atoms. The van der Waals surface area contributed by atoms with Gasteiger partial charge in [0.1, 0.15) is 48.8 Å². The zero-order chi connectivity index (χ0) is 20.8. The maximum absolute atomic E-state index is 11.6. The number of aliphatic hydroxyl groups excluding tert-OH is 10. The molecule has 0 aromatic heterocycles. The maximum Gasteiger partial charge on any atom is 0.269 e. The third-order valence-electron chi connectivity index (χ3n) is 3.49. The minimum absolute atomic E-state index is 1.07. The molecule has 0 aliphatic rings. The molecule has 0 heterocycles. The molecule has 13 heteroatoms. The molecule has 0 aliphatic heterocycles. The van der Waals surface area contributed by atoms with Crippen LogP contribution >= 0.6 is 0 Å². The highest BCUT2D eigenvalue weighted by atomic mass is 16.4. The van der Waals surface area contributed by atoms with Gasteiger partial charge in [0.2, 0.25) is 11.6 Å². The van der Waals surface area contributed by atoms with Crippen LogP contribution in [0.15, 0.2) is 0 Å². The summed E-state index contributed by atoms with van der Waals surface area (Å²) in [5.41, 5.74) is 0. The van der Waals surface area contributed by atoms with E-state index in [4.69, 9.17) is 20.4 Å². The second kappa shape index (κ2) is 10.7. The van der Waals surface area contributed by atoms with Crippen molar-refractivity contribution in [2.45, 2.75) is 48.8 Å². The van der Waals surface area contributed by atoms with E-state index >= 15 is 0 Å². The molecule has 0 unspecified atom stereocenters. The molecule has 0 bridgehead atoms. The molecule has 0 saturated carbocycles. The molecule has 0 rings (SSSR count). The van der Waals surface area contributed by atoms with Crippen LogP contribution in [0.5, 0.6) is 0 Å². The molecule has 0 radical (unpaired) electrons. The number of ketones is 3. The van der Waals surface area contributed by atoms with Crippen molar-refractivity contribution in [3.05, 3.63) is 0 Å². The van der Waals surface area contributed by atoms with Gasteiger partial charge in [-0.3, -0.25) is 14.4 Å². The first-order valence-corrected chi connectivity index (χ1v) is 7.20. The van der Waals surface area contributed by atoms with Gasteiger partial charge < -0.3 is 51.1 Å². The molecule has 13 nitrogen and oxygen atoms in total. The lowest BCUT2D eigenvalue weighted by Gasteiger charge is -2.26. The number of hydrogen-bond acceptors (Lipinski definition) is 13. The highest BCUT2D eigenvalue weighted by Crippen LogP contribution is 2.10. The monoisotopic (exact) mass is 386 g/mol. The minimum atomic E-state index is -2.72. The van der Waals surface area contributed by atoms with Crippen molar-refractivity contribution in [1.29, 1.82) is 0 Å². The lowest BCUT2D eigenvalue weighted by molar-refractivity contribution is -0.162. The number of carbonyl (C=O) groups excluding carboxylic acids is 3. The predicted octanol–water partition coefficient (Wildman–Crippen LogP) is -7.43. The van der Waals surface area contributed by atoms with Crippen LogP contribution in [0.1, 0.15) is 0 Å². The Bertz CT molecular complexity index is 452. The van der Waals surface area contributed by atoms with Crippen LogP contribution < -0.4 is 0 Å². The summed E-state index contributed by atoms with van der Waals surface area (Å²) < 4.78 is 0. The summed E-state index contributed by atoms with van der Waals surface area (Å²) in [5, 5.41) is 91.9. The number of hydrogen-bond donors (Lipinski definition) is 10. The molecular weight excluding hydrogens is 364 g/mol. The predicted molar refractivity (Wildman–Crippen MR) is 77.2 cm³/mol. The topological polar surface area (TPSA) is 254 Å². The SMILES string of the molecule is O=C(C(=O)[C@@H](O)[C@@H](O)[C@@H](O)[C@@H](O)CO)C(=O)[C@@H](O)[C@@H](O)[C@@H](O)[C@@H](O)CO. The third-order valence-corrected chi connectivity index (χ3v) is 3.49. The van der Waals surface area contributed by atoms with E-state index in [1.807, 2.05) is 0 Å². The van der Waals surface area contributed by atoms with Gasteiger partial charge in [-0.1, -0.05) is 0 Å². The number of Topliss-reactive ketones (excluding diaryl/α,β-unsaturated/α-hetero) is 3. The zero-order valence-electron chi connectivity index (χ0n) is 13.2. The first-order chi connectivity index (χ1) is 11.9. The van der Waals surface area contributed by atoms with Gasteiger partial charge >= 0.3 is 0 Å². The molecule has 0 aromatic carbocycles. The molecule has 0 fully saturated rings. The fourth-order valence-electron chi connectivity index (χ4n) is 1.74. The molecule has 0 saturated heterocycles. The van der Waals surface area contributed by atoms with Crippen LogP contribution in [-0.2, 0) is 14.4 Å². The standard InChI is InChI=1S/C13H22O13/c14-1-3(16)5(18)7(20)9(22)11(24)13(26)12(25)10(23)8(21)6(19)4(17)2-15/h3-10,14-23H,1-2H2/t3-,4-,5-,6-,7-,8-,9-,10-/m0/s1. The molecule has 0 aromatic rings. The van der Waals surface area contributed by atoms with Crippen LogP contribution in [0.4, 0.5) is 0 Å². The first-order valence-electron chi connectivity index (χ1n) is 7.20. The van der Waals surface area contributed by atoms with Crippen LogP contribution in [-0.4, -0.2) is 130 Å². The van der Waals surface area contributed by atoms with Gasteiger partial charge in [-0.2, -0.15) is 0 Å². The Morgan fingerprint density at radius 2 is 0.808 bits per heavy atom. The van der Waals surface area contributed by atoms with E-state index in [9.17, 15) is 45.0 Å². The third kappa shape index (κ3) is 5.82. The number of carbonyl (C=O) groups is 3. The normalized spacial score (nSPS) is 21.0. The summed E-state index contributed by atoms with van der Waals surface area (Å²) in [6, 6.07) is 0. The van der Waals surface area contributed by atoms with Crippen molar-refractivity contribution in [2.24, 2.45) is 0 Å². The van der Waals surface area contributed by atoms with E-state index in [0.29, 0.717) is 0 Å². The number of aliphatic hydroxyl groups is 10. The highest BCUT2D eigenvalue weighted by molar-refractivity contribution is 6.65. The highest BCUT2D eigenvalue weighted by Gasteiger charge is 2.43. The smallest absolute Gasteiger partial charge is 0.269 e. The van der Waals surface area contributed by atoms with Gasteiger partial charge in [0, 0.05) is 0 Å². The molecule has 10 N–H and O–H groups in total. The molecule has 0 spiro atoms. The van der Waals surface area contributed by atoms with Crippen molar-refractivity contribution >= 4 is 17.3 Å². The Morgan fingerprint density at radius 1 is 0.538 bits per heavy atom. The minimum Gasteiger partial charge on any atom is -0.394 e. The average Bonchev–Trinajstić information content (AvgIpc) is 2.66. The summed E-state index contributed by atoms with van der Waals surface area (Å²) in [5.74, 6) is -6.16. The van der Waals surface area contributed by atoms with Crippen molar-refractivity contribution in [3.8, 4) is 0 Å². The van der Waals surface area contributed by atoms with Crippen LogP contribution in [0.2, 0.25) is 0 Å². The second-order valence-corrected chi connectivity index (χ2v) is 5.41. The Hall–Kier alpha value is -1.39. The Labute approximate surface area is 146 Å². The van der Waals surface area contributed by atoms with Crippen molar-refractivity contribution in [1.82, 2.24) is 0 Å². The fraction of sp³-hybridized carbons (Fsp3) is 0.769. The quantitative estimate of drug-likeness (QED) is 0.111. The van der Waals surface area contributed by atoms with Gasteiger partial charge in [0.05, 0.1) is 13.2 Å². The van der Waals surface area contributed by atoms with Crippen molar-refractivity contribution in [3.63, 3.8) is 0 Å². The summed E-state index contributed by atoms with van der Waals surface area (Å²) in [4.78, 5) is 34.9. The largest absolute Gasteiger partial charge is 0.394 e. The van der Waals surface area contributed by atoms with E-state index in [0.717, 1.165) is 0 Å². The zero-order valence-corrected chi connectivity index (χ0v) is 13.2. The fourth-order valence-corrected chi connectivity index (χ4v) is 1.74. The summed E-state index contributed by atoms with van der Waals surface area (Å²) in [6.45, 7) is -2.13. The van der Waals surface area contributed by atoms with Gasteiger partial charge in [-0.15, -0.1) is 0 Å². The molecule has 0 amide bonds. The van der Waals surface area contributed by atoms with Gasteiger partial charge in [0.15, 0.2) is 0 Å². The summed E-state index contributed by atoms with van der Waals surface area (Å²) in [6.07, 6.45) is -18.9. The molecular formula is C13H22O13. The van der Waals surface area contributed by atoms with Crippen LogP contribution in [0, 0.1) is 0 Å². The lowest BCUT2D eigenvalue weighted by atomic mass is 9.93. The van der Waals surface area contributed by atoms with Crippen LogP contribution in [0.3, 0.4) is 0 Å². The van der Waals surface area contributed by atoms with Crippen molar-refractivity contribution < 1.29 is 65.4 Å². The van der Waals surface area contributed by atoms with E-state index in [-0.39, 0.29) is 0 Å². The molecule has 8 atom stereocenters. The summed E-state index contributed by atoms with van der Waals surface area (Å²) >= 11 is 0. The second-order valence-electron chi connectivity index (χ2n) is 5.41.